The summed E-state index contributed by atoms with van der Waals surface area (Å²) in [5.74, 6) is -1.00. The van der Waals surface area contributed by atoms with E-state index in [2.05, 4.69) is 15.3 Å². The first kappa shape index (κ1) is 19.3. The smallest absolute Gasteiger partial charge is 0.463 e. The van der Waals surface area contributed by atoms with Crippen molar-refractivity contribution in [3.63, 3.8) is 0 Å². The molecule has 1 amide bonds. The first-order valence-electron chi connectivity index (χ1n) is 7.45. The second kappa shape index (κ2) is 9.41. The van der Waals surface area contributed by atoms with Crippen LogP contribution in [0, 0.1) is 0 Å². The van der Waals surface area contributed by atoms with E-state index in [1.165, 1.54) is 13.0 Å². The topological polar surface area (TPSA) is 140 Å². The van der Waals surface area contributed by atoms with Crippen molar-refractivity contribution in [1.82, 2.24) is 5.32 Å². The number of azide groups is 1. The van der Waals surface area contributed by atoms with Gasteiger partial charge in [0.2, 0.25) is 5.91 Å². The van der Waals surface area contributed by atoms with Gasteiger partial charge in [-0.05, 0) is 31.9 Å². The Morgan fingerprint density at radius 2 is 2.00 bits per heavy atom. The molecule has 0 saturated carbocycles. The van der Waals surface area contributed by atoms with E-state index in [-0.39, 0.29) is 25.2 Å². The van der Waals surface area contributed by atoms with Crippen LogP contribution in [0.25, 0.3) is 10.4 Å². The highest BCUT2D eigenvalue weighted by atomic mass is 16.7. The van der Waals surface area contributed by atoms with E-state index in [1.54, 1.807) is 13.8 Å². The first-order chi connectivity index (χ1) is 11.4. The van der Waals surface area contributed by atoms with Crippen molar-refractivity contribution in [3.8, 4) is 0 Å². The second-order valence-electron chi connectivity index (χ2n) is 4.88. The van der Waals surface area contributed by atoms with Gasteiger partial charge in [-0.1, -0.05) is 5.11 Å². The number of esters is 1. The molecule has 10 heteroatoms. The van der Waals surface area contributed by atoms with E-state index in [9.17, 15) is 14.4 Å². The summed E-state index contributed by atoms with van der Waals surface area (Å²) in [5.41, 5.74) is 8.93. The highest BCUT2D eigenvalue weighted by molar-refractivity contribution is 5.89. The zero-order valence-corrected chi connectivity index (χ0v) is 13.7. The summed E-state index contributed by atoms with van der Waals surface area (Å²) in [4.78, 5) is 37.7. The molecule has 3 atom stereocenters. The van der Waals surface area contributed by atoms with Crippen LogP contribution in [0.3, 0.4) is 0 Å². The lowest BCUT2D eigenvalue weighted by Gasteiger charge is -2.33. The van der Waals surface area contributed by atoms with Crippen LogP contribution < -0.4 is 5.32 Å². The summed E-state index contributed by atoms with van der Waals surface area (Å²) in [6, 6.07) is -1.64. The number of hydrogen-bond acceptors (Lipinski definition) is 7. The Kier molecular flexibility index (Phi) is 7.57. The molecule has 132 valence electrons. The summed E-state index contributed by atoms with van der Waals surface area (Å²) < 4.78 is 14.8. The maximum atomic E-state index is 11.9. The molecule has 0 spiro atoms. The van der Waals surface area contributed by atoms with Gasteiger partial charge in [0.1, 0.15) is 6.10 Å². The summed E-state index contributed by atoms with van der Waals surface area (Å²) in [6.07, 6.45) is -0.564. The molecule has 0 heterocycles. The fraction of sp³-hybridized carbons (Fsp3) is 0.643. The molecule has 0 radical (unpaired) electrons. The third-order valence-electron chi connectivity index (χ3n) is 3.16. The highest BCUT2D eigenvalue weighted by Crippen LogP contribution is 2.26. The van der Waals surface area contributed by atoms with Crippen LogP contribution in [0.2, 0.25) is 0 Å². The van der Waals surface area contributed by atoms with Gasteiger partial charge in [0.25, 0.3) is 0 Å². The third-order valence-corrected chi connectivity index (χ3v) is 3.16. The van der Waals surface area contributed by atoms with Gasteiger partial charge in [0.05, 0.1) is 25.3 Å². The van der Waals surface area contributed by atoms with Gasteiger partial charge < -0.3 is 19.5 Å². The Labute approximate surface area is 138 Å². The maximum Gasteiger partial charge on any atom is 0.508 e. The molecule has 0 unspecified atom stereocenters. The lowest BCUT2D eigenvalue weighted by molar-refractivity contribution is -0.139. The molecule has 0 aromatic heterocycles. The quantitative estimate of drug-likeness (QED) is 0.337. The summed E-state index contributed by atoms with van der Waals surface area (Å²) >= 11 is 0. The lowest BCUT2D eigenvalue weighted by Crippen LogP contribution is -2.53. The molecule has 0 aromatic carbocycles. The van der Waals surface area contributed by atoms with Crippen LogP contribution in [-0.4, -0.2) is 49.4 Å². The summed E-state index contributed by atoms with van der Waals surface area (Å²) in [6.45, 7) is 4.81. The van der Waals surface area contributed by atoms with Gasteiger partial charge in [-0.2, -0.15) is 0 Å². The van der Waals surface area contributed by atoms with Gasteiger partial charge in [0, 0.05) is 17.4 Å². The van der Waals surface area contributed by atoms with Crippen LogP contribution in [0.5, 0.6) is 0 Å². The molecule has 0 aromatic rings. The predicted molar refractivity (Wildman–Crippen MR) is 81.8 cm³/mol. The molecule has 1 rings (SSSR count). The molecule has 0 aliphatic heterocycles. The third kappa shape index (κ3) is 5.47. The summed E-state index contributed by atoms with van der Waals surface area (Å²) in [7, 11) is 0. The van der Waals surface area contributed by atoms with Crippen LogP contribution in [-0.2, 0) is 23.8 Å². The molecule has 0 bridgehead atoms. The van der Waals surface area contributed by atoms with E-state index < -0.39 is 36.2 Å². The number of nitrogens with one attached hydrogen (secondary N) is 1. The normalized spacial score (nSPS) is 22.5. The maximum absolute atomic E-state index is 11.9. The van der Waals surface area contributed by atoms with Crippen LogP contribution >= 0.6 is 0 Å². The number of ether oxygens (including phenoxy) is 3. The average Bonchev–Trinajstić information content (AvgIpc) is 2.50. The van der Waals surface area contributed by atoms with E-state index in [4.69, 9.17) is 19.7 Å². The highest BCUT2D eigenvalue weighted by Gasteiger charge is 2.38. The second-order valence-corrected chi connectivity index (χ2v) is 4.88. The fourth-order valence-electron chi connectivity index (χ4n) is 2.28. The average molecular weight is 340 g/mol. The van der Waals surface area contributed by atoms with Crippen molar-refractivity contribution < 1.29 is 28.6 Å². The lowest BCUT2D eigenvalue weighted by atomic mass is 9.88. The fourth-order valence-corrected chi connectivity index (χ4v) is 2.28. The van der Waals surface area contributed by atoms with Crippen LogP contribution in [0.15, 0.2) is 16.8 Å². The van der Waals surface area contributed by atoms with E-state index in [1.807, 2.05) is 0 Å². The van der Waals surface area contributed by atoms with Crippen molar-refractivity contribution in [3.05, 3.63) is 22.1 Å². The standard InChI is InChI=1S/C14H20N4O6/c1-4-22-13(20)9-6-10(17-18-15)12(16-8(3)19)11(7-9)24-14(21)23-5-2/h7,10-12H,4-6H2,1-3H3,(H,16,19)/t10-,11+,12+/m0/s1. The minimum Gasteiger partial charge on any atom is -0.463 e. The molecular formula is C14H20N4O6. The van der Waals surface area contributed by atoms with Crippen molar-refractivity contribution in [1.29, 1.82) is 0 Å². The minimum absolute atomic E-state index is 0.0521. The number of carbonyl (C=O) groups is 3. The van der Waals surface area contributed by atoms with E-state index in [0.717, 1.165) is 0 Å². The SMILES string of the molecule is CCOC(=O)O[C@@H]1C=C(C(=O)OCC)C[C@H](N=[N+]=[N-])[C@H]1NC(C)=O. The van der Waals surface area contributed by atoms with Crippen molar-refractivity contribution >= 4 is 18.0 Å². The Balaban J connectivity index is 3.15. The van der Waals surface area contributed by atoms with E-state index in [0.29, 0.717) is 0 Å². The van der Waals surface area contributed by atoms with Crippen LogP contribution in [0.1, 0.15) is 27.2 Å². The zero-order chi connectivity index (χ0) is 18.1. The molecule has 24 heavy (non-hydrogen) atoms. The molecule has 10 nitrogen and oxygen atoms in total. The number of carbonyl (C=O) groups excluding carboxylic acids is 3. The Morgan fingerprint density at radius 1 is 1.33 bits per heavy atom. The number of hydrogen-bond donors (Lipinski definition) is 1. The number of amides is 1. The number of nitrogens with zero attached hydrogens (tertiary/aromatic N) is 3. The monoisotopic (exact) mass is 340 g/mol. The van der Waals surface area contributed by atoms with Crippen LogP contribution in [0.4, 0.5) is 4.79 Å². The Bertz CT molecular complexity index is 570. The molecule has 1 aliphatic rings. The molecular weight excluding hydrogens is 320 g/mol. The van der Waals surface area contributed by atoms with Gasteiger partial charge in [0.15, 0.2) is 0 Å². The largest absolute Gasteiger partial charge is 0.508 e. The van der Waals surface area contributed by atoms with Gasteiger partial charge >= 0.3 is 12.1 Å². The molecule has 0 fully saturated rings. The van der Waals surface area contributed by atoms with Crippen molar-refractivity contribution in [2.75, 3.05) is 13.2 Å². The molecule has 0 saturated heterocycles. The van der Waals surface area contributed by atoms with Gasteiger partial charge in [-0.3, -0.25) is 4.79 Å². The van der Waals surface area contributed by atoms with Gasteiger partial charge in [-0.15, -0.1) is 0 Å². The zero-order valence-electron chi connectivity index (χ0n) is 13.7. The van der Waals surface area contributed by atoms with E-state index >= 15 is 0 Å². The molecule has 1 N–H and O–H groups in total. The number of rotatable bonds is 6. The Morgan fingerprint density at radius 3 is 2.54 bits per heavy atom. The van der Waals surface area contributed by atoms with Crippen molar-refractivity contribution in [2.45, 2.75) is 45.4 Å². The summed E-state index contributed by atoms with van der Waals surface area (Å²) in [5, 5.41) is 6.17. The minimum atomic E-state index is -1.03. The van der Waals surface area contributed by atoms with Crippen molar-refractivity contribution in [2.24, 2.45) is 5.11 Å². The van der Waals surface area contributed by atoms with Gasteiger partial charge in [-0.25, -0.2) is 9.59 Å². The predicted octanol–water partition coefficient (Wildman–Crippen LogP) is 1.60. The Hall–Kier alpha value is -2.74. The molecule has 1 aliphatic carbocycles. The first-order valence-corrected chi connectivity index (χ1v) is 7.45.